The third-order valence-corrected chi connectivity index (χ3v) is 4.21. The highest BCUT2D eigenvalue weighted by Gasteiger charge is 2.09. The summed E-state index contributed by atoms with van der Waals surface area (Å²) in [5, 5.41) is 0. The lowest BCUT2D eigenvalue weighted by molar-refractivity contribution is 0.305. The highest BCUT2D eigenvalue weighted by Crippen LogP contribution is 2.27. The molecule has 0 aliphatic rings. The van der Waals surface area contributed by atoms with E-state index in [2.05, 4.69) is 9.97 Å². The van der Waals surface area contributed by atoms with Crippen LogP contribution in [0.25, 0.3) is 22.6 Å². The van der Waals surface area contributed by atoms with E-state index < -0.39 is 0 Å². The molecule has 0 aliphatic carbocycles. The molecule has 0 N–H and O–H groups in total. The number of nitrogens with zero attached hydrogens (tertiary/aromatic N) is 2. The minimum absolute atomic E-state index is 0.481. The van der Waals surface area contributed by atoms with Crippen molar-refractivity contribution in [3.8, 4) is 23.0 Å². The van der Waals surface area contributed by atoms with E-state index in [1.165, 1.54) is 0 Å². The Labute approximate surface area is 151 Å². The molecule has 4 rings (SSSR count). The van der Waals surface area contributed by atoms with Crippen LogP contribution in [0.3, 0.4) is 0 Å². The number of benzene rings is 2. The van der Waals surface area contributed by atoms with Gasteiger partial charge in [-0.3, -0.25) is 4.98 Å². The first-order valence-electron chi connectivity index (χ1n) is 8.30. The fourth-order valence-electron chi connectivity index (χ4n) is 2.73. The van der Waals surface area contributed by atoms with E-state index in [1.54, 1.807) is 19.5 Å². The zero-order valence-corrected chi connectivity index (χ0v) is 14.6. The maximum Gasteiger partial charge on any atom is 0.228 e. The number of hydrogen-bond donors (Lipinski definition) is 0. The monoisotopic (exact) mass is 346 g/mol. The van der Waals surface area contributed by atoms with Crippen LogP contribution < -0.4 is 9.47 Å². The molecule has 0 aliphatic heterocycles. The highest BCUT2D eigenvalue weighted by molar-refractivity contribution is 5.77. The normalized spacial score (nSPS) is 10.8. The van der Waals surface area contributed by atoms with E-state index in [1.807, 2.05) is 55.5 Å². The number of methoxy groups -OCH3 is 1. The van der Waals surface area contributed by atoms with Gasteiger partial charge in [-0.1, -0.05) is 6.07 Å². The predicted molar refractivity (Wildman–Crippen MR) is 99.3 cm³/mol. The summed E-state index contributed by atoms with van der Waals surface area (Å²) in [4.78, 5) is 8.63. The number of ether oxygens (including phenoxy) is 2. The molecular weight excluding hydrogens is 328 g/mol. The van der Waals surface area contributed by atoms with Gasteiger partial charge in [0.05, 0.1) is 12.7 Å². The largest absolute Gasteiger partial charge is 0.497 e. The first-order valence-corrected chi connectivity index (χ1v) is 8.30. The Balaban J connectivity index is 1.54. The summed E-state index contributed by atoms with van der Waals surface area (Å²) in [6.07, 6.45) is 3.45. The van der Waals surface area contributed by atoms with Gasteiger partial charge in [-0.2, -0.15) is 0 Å². The van der Waals surface area contributed by atoms with Gasteiger partial charge in [-0.25, -0.2) is 4.98 Å². The van der Waals surface area contributed by atoms with Crippen molar-refractivity contribution >= 4 is 11.1 Å². The van der Waals surface area contributed by atoms with Gasteiger partial charge in [0.1, 0.15) is 23.6 Å². The van der Waals surface area contributed by atoms with Gasteiger partial charge < -0.3 is 13.9 Å². The topological polar surface area (TPSA) is 57.4 Å². The van der Waals surface area contributed by atoms with Gasteiger partial charge in [-0.15, -0.1) is 0 Å². The van der Waals surface area contributed by atoms with Crippen molar-refractivity contribution in [3.63, 3.8) is 0 Å². The van der Waals surface area contributed by atoms with Gasteiger partial charge in [-0.05, 0) is 54.4 Å². The van der Waals surface area contributed by atoms with Crippen LogP contribution in [-0.4, -0.2) is 17.1 Å². The fourth-order valence-corrected chi connectivity index (χ4v) is 2.73. The van der Waals surface area contributed by atoms with E-state index in [-0.39, 0.29) is 0 Å². The van der Waals surface area contributed by atoms with Crippen molar-refractivity contribution in [2.75, 3.05) is 7.11 Å². The number of oxazole rings is 1. The second-order valence-electron chi connectivity index (χ2n) is 5.97. The molecule has 0 spiro atoms. The molecule has 0 saturated heterocycles. The molecule has 0 bridgehead atoms. The number of fused-ring (bicyclic) bond motifs is 1. The summed E-state index contributed by atoms with van der Waals surface area (Å²) in [6.45, 7) is 2.52. The molecule has 0 unspecified atom stereocenters. The van der Waals surface area contributed by atoms with Crippen LogP contribution in [0.15, 0.2) is 65.3 Å². The van der Waals surface area contributed by atoms with E-state index in [9.17, 15) is 0 Å². The van der Waals surface area contributed by atoms with Crippen molar-refractivity contribution in [1.82, 2.24) is 9.97 Å². The average molecular weight is 346 g/mol. The maximum absolute atomic E-state index is 5.93. The molecule has 2 aromatic heterocycles. The first-order chi connectivity index (χ1) is 12.7. The maximum atomic E-state index is 5.93. The van der Waals surface area contributed by atoms with Crippen molar-refractivity contribution in [2.45, 2.75) is 13.5 Å². The zero-order chi connectivity index (χ0) is 17.9. The average Bonchev–Trinajstić information content (AvgIpc) is 3.11. The van der Waals surface area contributed by atoms with Crippen molar-refractivity contribution < 1.29 is 13.9 Å². The quantitative estimate of drug-likeness (QED) is 0.520. The molecule has 0 amide bonds. The van der Waals surface area contributed by atoms with Crippen LogP contribution in [-0.2, 0) is 6.61 Å². The van der Waals surface area contributed by atoms with Gasteiger partial charge in [0.2, 0.25) is 5.89 Å². The Kier molecular flexibility index (Phi) is 4.27. The summed E-state index contributed by atoms with van der Waals surface area (Å²) in [7, 11) is 1.66. The third-order valence-electron chi connectivity index (χ3n) is 4.21. The molecule has 4 aromatic rings. The molecule has 2 heterocycles. The summed E-state index contributed by atoms with van der Waals surface area (Å²) in [5.74, 6) is 2.15. The smallest absolute Gasteiger partial charge is 0.228 e. The van der Waals surface area contributed by atoms with Crippen LogP contribution in [0.4, 0.5) is 0 Å². The Bertz CT molecular complexity index is 1040. The summed E-state index contributed by atoms with van der Waals surface area (Å²) < 4.78 is 17.0. The third kappa shape index (κ3) is 3.24. The van der Waals surface area contributed by atoms with Crippen LogP contribution in [0.2, 0.25) is 0 Å². The number of aryl methyl sites for hydroxylation is 1. The van der Waals surface area contributed by atoms with Gasteiger partial charge in [0, 0.05) is 18.5 Å². The second-order valence-corrected chi connectivity index (χ2v) is 5.97. The highest BCUT2D eigenvalue weighted by atomic mass is 16.5. The predicted octanol–water partition coefficient (Wildman–Crippen LogP) is 4.79. The van der Waals surface area contributed by atoms with Crippen molar-refractivity contribution in [3.05, 3.63) is 72.1 Å². The van der Waals surface area contributed by atoms with Crippen LogP contribution >= 0.6 is 0 Å². The Morgan fingerprint density at radius 1 is 1.04 bits per heavy atom. The summed E-state index contributed by atoms with van der Waals surface area (Å²) >= 11 is 0. The first kappa shape index (κ1) is 16.1. The Hall–Kier alpha value is -3.34. The molecule has 130 valence electrons. The minimum Gasteiger partial charge on any atom is -0.497 e. The number of pyridine rings is 1. The van der Waals surface area contributed by atoms with E-state index >= 15 is 0 Å². The van der Waals surface area contributed by atoms with Crippen molar-refractivity contribution in [2.24, 2.45) is 0 Å². The molecule has 2 aromatic carbocycles. The fraction of sp³-hybridized carbons (Fsp3) is 0.143. The van der Waals surface area contributed by atoms with E-state index in [0.717, 1.165) is 39.3 Å². The van der Waals surface area contributed by atoms with Gasteiger partial charge in [0.25, 0.3) is 0 Å². The summed E-state index contributed by atoms with van der Waals surface area (Å²) in [5.41, 5.74) is 4.57. The molecule has 26 heavy (non-hydrogen) atoms. The van der Waals surface area contributed by atoms with Crippen LogP contribution in [0.5, 0.6) is 11.5 Å². The lowest BCUT2D eigenvalue weighted by Crippen LogP contribution is -1.98. The van der Waals surface area contributed by atoms with Crippen LogP contribution in [0.1, 0.15) is 11.1 Å². The molecule has 5 heteroatoms. The Morgan fingerprint density at radius 3 is 2.69 bits per heavy atom. The zero-order valence-electron chi connectivity index (χ0n) is 14.6. The molecule has 0 radical (unpaired) electrons. The van der Waals surface area contributed by atoms with Crippen molar-refractivity contribution in [1.29, 1.82) is 0 Å². The van der Waals surface area contributed by atoms with Gasteiger partial charge >= 0.3 is 0 Å². The molecule has 0 fully saturated rings. The lowest BCUT2D eigenvalue weighted by atomic mass is 10.1. The number of rotatable bonds is 5. The van der Waals surface area contributed by atoms with Crippen LogP contribution in [0, 0.1) is 6.92 Å². The molecule has 0 atom stereocenters. The van der Waals surface area contributed by atoms with Gasteiger partial charge in [0.15, 0.2) is 5.58 Å². The number of aromatic nitrogens is 2. The lowest BCUT2D eigenvalue weighted by Gasteiger charge is -2.10. The Morgan fingerprint density at radius 2 is 1.92 bits per heavy atom. The van der Waals surface area contributed by atoms with E-state index in [0.29, 0.717) is 12.5 Å². The number of hydrogen-bond acceptors (Lipinski definition) is 5. The molecular formula is C21H18N2O3. The molecule has 0 saturated carbocycles. The SMILES string of the molecule is COc1ccc(COc2ccc3oc(-c4cccnc4)nc3c2)c(C)c1. The minimum atomic E-state index is 0.481. The van der Waals surface area contributed by atoms with E-state index in [4.69, 9.17) is 13.9 Å². The molecule has 5 nitrogen and oxygen atoms in total. The standard InChI is InChI=1S/C21H18N2O3/c1-14-10-17(24-2)6-5-16(14)13-25-18-7-8-20-19(11-18)23-21(26-20)15-4-3-9-22-12-15/h3-12H,13H2,1-2H3. The second kappa shape index (κ2) is 6.88. The summed E-state index contributed by atoms with van der Waals surface area (Å²) in [6, 6.07) is 15.4.